The molecule has 0 aliphatic carbocycles. The van der Waals surface area contributed by atoms with Gasteiger partial charge in [0.1, 0.15) is 11.9 Å². The topological polar surface area (TPSA) is 89.1 Å². The highest BCUT2D eigenvalue weighted by atomic mass is 32.2. The second-order valence-corrected chi connectivity index (χ2v) is 10.8. The molecule has 188 valence electrons. The van der Waals surface area contributed by atoms with Crippen molar-refractivity contribution in [3.8, 4) is 28.3 Å². The molecule has 1 N–H and O–H groups in total. The number of thioether (sulfide) groups is 1. The van der Waals surface area contributed by atoms with Gasteiger partial charge in [0.2, 0.25) is 0 Å². The first-order chi connectivity index (χ1) is 18.7. The molecule has 3 fully saturated rings. The molecular weight excluding hydrogens is 492 g/mol. The lowest BCUT2D eigenvalue weighted by Crippen LogP contribution is -2.68. The van der Waals surface area contributed by atoms with Crippen LogP contribution in [0.15, 0.2) is 78.3 Å². The molecule has 2 unspecified atom stereocenters. The van der Waals surface area contributed by atoms with E-state index in [1.54, 1.807) is 28.7 Å². The fourth-order valence-electron chi connectivity index (χ4n) is 5.80. The first kappa shape index (κ1) is 23.0. The Bertz CT molecular complexity index is 1620. The second kappa shape index (κ2) is 9.31. The molecule has 38 heavy (non-hydrogen) atoms. The molecule has 3 aliphatic rings. The van der Waals surface area contributed by atoms with Crippen LogP contribution >= 0.6 is 11.8 Å². The maximum atomic E-state index is 9.68. The normalized spacial score (nSPS) is 18.9. The number of H-pyrrole nitrogens is 1. The van der Waals surface area contributed by atoms with Crippen molar-refractivity contribution in [2.45, 2.75) is 29.9 Å². The van der Waals surface area contributed by atoms with Crippen molar-refractivity contribution >= 4 is 23.1 Å². The lowest BCUT2D eigenvalue weighted by molar-refractivity contribution is -0.00869. The van der Waals surface area contributed by atoms with E-state index in [0.29, 0.717) is 17.6 Å². The summed E-state index contributed by atoms with van der Waals surface area (Å²) < 4.78 is 1.77. The summed E-state index contributed by atoms with van der Waals surface area (Å²) in [6.45, 7) is 3.00. The van der Waals surface area contributed by atoms with Gasteiger partial charge in [-0.3, -0.25) is 10.00 Å². The Balaban J connectivity index is 1.12. The monoisotopic (exact) mass is 518 g/mol. The van der Waals surface area contributed by atoms with Crippen molar-refractivity contribution in [1.82, 2.24) is 29.7 Å². The molecular formula is C29H26N8S. The molecule has 4 aromatic heterocycles. The summed E-state index contributed by atoms with van der Waals surface area (Å²) in [6, 6.07) is 18.7. The van der Waals surface area contributed by atoms with Gasteiger partial charge in [-0.1, -0.05) is 12.1 Å². The van der Waals surface area contributed by atoms with Crippen LogP contribution in [0.1, 0.15) is 17.5 Å². The third-order valence-corrected chi connectivity index (χ3v) is 8.56. The number of hydrogen-bond donors (Lipinski definition) is 1. The molecule has 2 bridgehead atoms. The zero-order chi connectivity index (χ0) is 25.6. The van der Waals surface area contributed by atoms with Gasteiger partial charge in [-0.2, -0.15) is 15.5 Å². The number of nitriles is 1. The minimum absolute atomic E-state index is 0.544. The molecule has 0 spiro atoms. The fraction of sp³-hybridized carbons (Fsp3) is 0.241. The molecule has 5 aromatic rings. The summed E-state index contributed by atoms with van der Waals surface area (Å²) >= 11 is 1.78. The van der Waals surface area contributed by atoms with Crippen molar-refractivity contribution in [1.29, 1.82) is 5.26 Å². The summed E-state index contributed by atoms with van der Waals surface area (Å²) in [7, 11) is 0. The molecule has 8 rings (SSSR count). The molecule has 7 heterocycles. The Morgan fingerprint density at radius 1 is 1.03 bits per heavy atom. The second-order valence-electron chi connectivity index (χ2n) is 9.97. The number of nitrogens with one attached hydrogen (secondary N) is 1. The maximum Gasteiger partial charge on any atom is 0.128 e. The number of nitrogens with zero attached hydrogens (tertiary/aromatic N) is 7. The zero-order valence-electron chi connectivity index (χ0n) is 21.0. The summed E-state index contributed by atoms with van der Waals surface area (Å²) in [5, 5.41) is 21.1. The largest absolute Gasteiger partial charge is 0.353 e. The predicted octanol–water partition coefficient (Wildman–Crippen LogP) is 4.84. The van der Waals surface area contributed by atoms with Gasteiger partial charge >= 0.3 is 0 Å². The van der Waals surface area contributed by atoms with E-state index in [-0.39, 0.29) is 0 Å². The minimum atomic E-state index is 0.544. The van der Waals surface area contributed by atoms with Crippen LogP contribution in [0.2, 0.25) is 0 Å². The summed E-state index contributed by atoms with van der Waals surface area (Å²) in [4.78, 5) is 11.2. The SMILES string of the molecule is CSc1ccc(CN2C3CC2CN(c2ccc(-c4cc(-c5cn[nH]c5)cn5ncc(C#N)c45)cn2)C3)cc1. The lowest BCUT2D eigenvalue weighted by Gasteiger charge is -2.56. The molecule has 3 aliphatic heterocycles. The van der Waals surface area contributed by atoms with Crippen LogP contribution in [0, 0.1) is 11.3 Å². The molecule has 8 nitrogen and oxygen atoms in total. The third-order valence-electron chi connectivity index (χ3n) is 7.82. The number of rotatable bonds is 6. The van der Waals surface area contributed by atoms with Gasteiger partial charge in [-0.05, 0) is 48.6 Å². The van der Waals surface area contributed by atoms with Crippen molar-refractivity contribution in [3.63, 3.8) is 0 Å². The van der Waals surface area contributed by atoms with Crippen LogP contribution in [0.4, 0.5) is 5.82 Å². The van der Waals surface area contributed by atoms with Crippen molar-refractivity contribution < 1.29 is 0 Å². The fourth-order valence-corrected chi connectivity index (χ4v) is 6.20. The molecule has 0 saturated carbocycles. The molecule has 2 atom stereocenters. The Morgan fingerprint density at radius 3 is 2.55 bits per heavy atom. The number of hydrogen-bond acceptors (Lipinski definition) is 7. The standard InChI is InChI=1S/C29H26N8S/c1-38-26-5-2-19(3-6-26)15-36-24-9-25(36)18-35(17-24)28-7-4-20(11-31-28)27-8-21(23-12-32-33-13-23)16-37-29(27)22(10-30)14-34-37/h2-8,11-14,16,24-25H,9,15,17-18H2,1H3,(H,32,33). The van der Waals surface area contributed by atoms with Gasteiger partial charge in [0.25, 0.3) is 0 Å². The Kier molecular flexibility index (Phi) is 5.64. The molecule has 3 saturated heterocycles. The van der Waals surface area contributed by atoms with E-state index in [4.69, 9.17) is 4.98 Å². The van der Waals surface area contributed by atoms with Crippen LogP contribution in [0.5, 0.6) is 0 Å². The number of benzene rings is 1. The Hall–Kier alpha value is -4.13. The molecule has 0 radical (unpaired) electrons. The zero-order valence-corrected chi connectivity index (χ0v) is 21.8. The highest BCUT2D eigenvalue weighted by molar-refractivity contribution is 7.98. The number of aromatic amines is 1. The minimum Gasteiger partial charge on any atom is -0.353 e. The first-order valence-corrected chi connectivity index (χ1v) is 13.9. The molecule has 9 heteroatoms. The van der Waals surface area contributed by atoms with Crippen LogP contribution < -0.4 is 4.90 Å². The van der Waals surface area contributed by atoms with Gasteiger partial charge < -0.3 is 4.90 Å². The van der Waals surface area contributed by atoms with Crippen LogP contribution in [-0.2, 0) is 6.54 Å². The number of aromatic nitrogens is 5. The lowest BCUT2D eigenvalue weighted by atomic mass is 9.86. The van der Waals surface area contributed by atoms with Gasteiger partial charge in [-0.15, -0.1) is 11.8 Å². The highest BCUT2D eigenvalue weighted by Gasteiger charge is 2.44. The highest BCUT2D eigenvalue weighted by Crippen LogP contribution is 2.37. The summed E-state index contributed by atoms with van der Waals surface area (Å²) in [5.41, 5.74) is 6.53. The van der Waals surface area contributed by atoms with Crippen LogP contribution in [-0.4, -0.2) is 61.1 Å². The average Bonchev–Trinajstić information content (AvgIpc) is 3.66. The van der Waals surface area contributed by atoms with Crippen molar-refractivity contribution in [2.24, 2.45) is 0 Å². The summed E-state index contributed by atoms with van der Waals surface area (Å²) in [5.74, 6) is 1.00. The quantitative estimate of drug-likeness (QED) is 0.322. The first-order valence-electron chi connectivity index (χ1n) is 12.7. The van der Waals surface area contributed by atoms with Crippen LogP contribution in [0.25, 0.3) is 27.8 Å². The van der Waals surface area contributed by atoms with Gasteiger partial charge in [0.15, 0.2) is 0 Å². The van der Waals surface area contributed by atoms with Gasteiger partial charge in [-0.25, -0.2) is 9.50 Å². The van der Waals surface area contributed by atoms with E-state index in [1.807, 2.05) is 18.6 Å². The van der Waals surface area contributed by atoms with Gasteiger partial charge in [0.05, 0.1) is 23.5 Å². The van der Waals surface area contributed by atoms with E-state index in [9.17, 15) is 5.26 Å². The van der Waals surface area contributed by atoms with Crippen LogP contribution in [0.3, 0.4) is 0 Å². The van der Waals surface area contributed by atoms with Gasteiger partial charge in [0, 0.05) is 77.5 Å². The molecule has 1 aromatic carbocycles. The van der Waals surface area contributed by atoms with Crippen molar-refractivity contribution in [2.75, 3.05) is 24.2 Å². The average molecular weight is 519 g/mol. The number of piperidine rings is 1. The Morgan fingerprint density at radius 2 is 1.87 bits per heavy atom. The van der Waals surface area contributed by atoms with E-state index in [1.165, 1.54) is 16.9 Å². The smallest absolute Gasteiger partial charge is 0.128 e. The number of pyridine rings is 2. The van der Waals surface area contributed by atoms with E-state index < -0.39 is 0 Å². The Labute approximate surface area is 224 Å². The van der Waals surface area contributed by atoms with Crippen molar-refractivity contribution in [3.05, 3.63) is 84.6 Å². The van der Waals surface area contributed by atoms with E-state index in [2.05, 4.69) is 79.9 Å². The number of piperazine rings is 1. The molecule has 0 amide bonds. The third kappa shape index (κ3) is 3.93. The number of anilines is 1. The van der Waals surface area contributed by atoms with E-state index >= 15 is 0 Å². The predicted molar refractivity (Wildman–Crippen MR) is 149 cm³/mol. The summed E-state index contributed by atoms with van der Waals surface area (Å²) in [6.07, 6.45) is 12.5. The number of fused-ring (bicyclic) bond motifs is 3. The maximum absolute atomic E-state index is 9.68. The van der Waals surface area contributed by atoms with E-state index in [0.717, 1.165) is 53.2 Å².